The van der Waals surface area contributed by atoms with E-state index in [1.54, 1.807) is 30.3 Å². The maximum atomic E-state index is 12.4. The number of nitrogens with zero attached hydrogens (tertiary/aromatic N) is 2. The number of fused-ring (bicyclic) bond motifs is 1. The van der Waals surface area contributed by atoms with Crippen LogP contribution >= 0.6 is 0 Å². The molecule has 0 saturated carbocycles. The number of rotatable bonds is 7. The van der Waals surface area contributed by atoms with Gasteiger partial charge in [-0.15, -0.1) is 0 Å². The largest absolute Gasteiger partial charge is 0.423 e. The molecule has 33 heavy (non-hydrogen) atoms. The maximum Gasteiger partial charge on any atom is 0.336 e. The van der Waals surface area contributed by atoms with E-state index in [1.165, 1.54) is 12.5 Å². The first-order chi connectivity index (χ1) is 15.9. The number of carbonyl (C=O) groups excluding carboxylic acids is 2. The van der Waals surface area contributed by atoms with Gasteiger partial charge in [-0.2, -0.15) is 0 Å². The average Bonchev–Trinajstić information content (AvgIpc) is 2.80. The van der Waals surface area contributed by atoms with Gasteiger partial charge in [0.25, 0.3) is 0 Å². The number of amides is 1. The number of nitrogens with one attached hydrogen (secondary N) is 1. The van der Waals surface area contributed by atoms with E-state index in [-0.39, 0.29) is 17.3 Å². The summed E-state index contributed by atoms with van der Waals surface area (Å²) in [6, 6.07) is 14.5. The number of ketones is 1. The van der Waals surface area contributed by atoms with Crippen LogP contribution in [0.1, 0.15) is 35.3 Å². The normalized spacial score (nSPS) is 15.0. The van der Waals surface area contributed by atoms with Gasteiger partial charge in [0.1, 0.15) is 5.58 Å². The minimum absolute atomic E-state index is 0.000853. The lowest BCUT2D eigenvalue weighted by Crippen LogP contribution is -2.48. The second-order valence-corrected chi connectivity index (χ2v) is 8.51. The highest BCUT2D eigenvalue weighted by Gasteiger charge is 2.20. The zero-order chi connectivity index (χ0) is 23.4. The van der Waals surface area contributed by atoms with Crippen molar-refractivity contribution in [2.45, 2.75) is 26.8 Å². The monoisotopic (exact) mass is 447 g/mol. The van der Waals surface area contributed by atoms with E-state index in [0.717, 1.165) is 43.5 Å². The lowest BCUT2D eigenvalue weighted by atomic mass is 10.0. The van der Waals surface area contributed by atoms with Crippen LogP contribution in [-0.4, -0.2) is 54.2 Å². The molecule has 3 aromatic rings. The molecule has 1 aliphatic heterocycles. The molecule has 1 amide bonds. The fraction of sp³-hybridized carbons (Fsp3) is 0.346. The highest BCUT2D eigenvalue weighted by atomic mass is 16.4. The summed E-state index contributed by atoms with van der Waals surface area (Å²) in [5.41, 5.74) is 3.81. The Labute approximate surface area is 193 Å². The van der Waals surface area contributed by atoms with Gasteiger partial charge in [-0.25, -0.2) is 4.79 Å². The van der Waals surface area contributed by atoms with E-state index >= 15 is 0 Å². The summed E-state index contributed by atoms with van der Waals surface area (Å²) in [6.07, 6.45) is 0.927. The third kappa shape index (κ3) is 5.74. The molecule has 1 aromatic heterocycles. The standard InChI is InChI=1S/C26H29N3O4/c1-3-19-4-9-24-23(14-19)21(15-26(32)33-24)16-28-10-12-29(13-11-28)17-25(31)27-22-7-5-20(6-8-22)18(2)30/h4-9,14-15H,3,10-13,16-17H2,1-2H3,(H,27,31). The van der Waals surface area contributed by atoms with Gasteiger partial charge in [0, 0.05) is 55.4 Å². The van der Waals surface area contributed by atoms with Crippen molar-refractivity contribution in [2.75, 3.05) is 38.0 Å². The molecule has 0 unspecified atom stereocenters. The van der Waals surface area contributed by atoms with Gasteiger partial charge in [-0.1, -0.05) is 13.0 Å². The molecule has 1 saturated heterocycles. The van der Waals surface area contributed by atoms with Crippen LogP contribution in [0.25, 0.3) is 11.0 Å². The van der Waals surface area contributed by atoms with Crippen molar-refractivity contribution in [1.29, 1.82) is 0 Å². The lowest BCUT2D eigenvalue weighted by Gasteiger charge is -2.34. The summed E-state index contributed by atoms with van der Waals surface area (Å²) in [5.74, 6) is -0.0706. The van der Waals surface area contributed by atoms with E-state index in [2.05, 4.69) is 28.1 Å². The molecule has 0 aliphatic carbocycles. The zero-order valence-electron chi connectivity index (χ0n) is 19.1. The van der Waals surface area contributed by atoms with Gasteiger partial charge >= 0.3 is 5.63 Å². The average molecular weight is 448 g/mol. The number of aryl methyl sites for hydroxylation is 1. The van der Waals surface area contributed by atoms with E-state index in [4.69, 9.17) is 4.42 Å². The van der Waals surface area contributed by atoms with Crippen LogP contribution in [0.2, 0.25) is 0 Å². The van der Waals surface area contributed by atoms with E-state index < -0.39 is 0 Å². The van der Waals surface area contributed by atoms with Crippen LogP contribution in [-0.2, 0) is 17.8 Å². The van der Waals surface area contributed by atoms with Crippen LogP contribution in [0.5, 0.6) is 0 Å². The summed E-state index contributed by atoms with van der Waals surface area (Å²) in [7, 11) is 0. The number of carbonyl (C=O) groups is 2. The number of Topliss-reactive ketones (excluding diaryl/α,β-unsaturated/α-hetero) is 1. The summed E-state index contributed by atoms with van der Waals surface area (Å²) < 4.78 is 5.38. The van der Waals surface area contributed by atoms with Crippen molar-refractivity contribution >= 4 is 28.3 Å². The lowest BCUT2D eigenvalue weighted by molar-refractivity contribution is -0.117. The topological polar surface area (TPSA) is 82.9 Å². The van der Waals surface area contributed by atoms with E-state index in [9.17, 15) is 14.4 Å². The third-order valence-corrected chi connectivity index (χ3v) is 6.10. The number of benzene rings is 2. The molecule has 0 spiro atoms. The van der Waals surface area contributed by atoms with E-state index in [0.29, 0.717) is 29.9 Å². The molecule has 1 N–H and O–H groups in total. The van der Waals surface area contributed by atoms with Crippen molar-refractivity contribution in [2.24, 2.45) is 0 Å². The summed E-state index contributed by atoms with van der Waals surface area (Å²) in [5, 5.41) is 3.89. The fourth-order valence-corrected chi connectivity index (χ4v) is 4.16. The van der Waals surface area contributed by atoms with Crippen molar-refractivity contribution < 1.29 is 14.0 Å². The van der Waals surface area contributed by atoms with Gasteiger partial charge in [0.2, 0.25) is 5.91 Å². The molecule has 7 nitrogen and oxygen atoms in total. The first-order valence-electron chi connectivity index (χ1n) is 11.3. The molecule has 2 heterocycles. The number of hydrogen-bond acceptors (Lipinski definition) is 6. The molecule has 0 radical (unpaired) electrons. The van der Waals surface area contributed by atoms with Crippen LogP contribution in [0, 0.1) is 0 Å². The van der Waals surface area contributed by atoms with Crippen LogP contribution in [0.3, 0.4) is 0 Å². The Morgan fingerprint density at radius 3 is 2.33 bits per heavy atom. The molecule has 2 aromatic carbocycles. The Morgan fingerprint density at radius 2 is 1.67 bits per heavy atom. The molecular formula is C26H29N3O4. The molecule has 172 valence electrons. The maximum absolute atomic E-state index is 12.4. The smallest absolute Gasteiger partial charge is 0.336 e. The molecule has 0 atom stereocenters. The Kier molecular flexibility index (Phi) is 7.01. The minimum atomic E-state index is -0.326. The van der Waals surface area contributed by atoms with Crippen LogP contribution < -0.4 is 10.9 Å². The van der Waals surface area contributed by atoms with Gasteiger partial charge < -0.3 is 9.73 Å². The molecule has 1 fully saturated rings. The van der Waals surface area contributed by atoms with Crippen molar-refractivity contribution in [1.82, 2.24) is 9.80 Å². The second-order valence-electron chi connectivity index (χ2n) is 8.51. The van der Waals surface area contributed by atoms with Crippen LogP contribution in [0.4, 0.5) is 5.69 Å². The number of hydrogen-bond donors (Lipinski definition) is 1. The first-order valence-corrected chi connectivity index (χ1v) is 11.3. The zero-order valence-corrected chi connectivity index (χ0v) is 19.1. The van der Waals surface area contributed by atoms with Crippen molar-refractivity contribution in [3.63, 3.8) is 0 Å². The Balaban J connectivity index is 1.32. The quantitative estimate of drug-likeness (QED) is 0.442. The molecular weight excluding hydrogens is 418 g/mol. The summed E-state index contributed by atoms with van der Waals surface area (Å²) in [4.78, 5) is 40.3. The SMILES string of the molecule is CCc1ccc2oc(=O)cc(CN3CCN(CC(=O)Nc4ccc(C(C)=O)cc4)CC3)c2c1. The number of piperazine rings is 1. The predicted octanol–water partition coefficient (Wildman–Crippen LogP) is 3.31. The van der Waals surface area contributed by atoms with Gasteiger partial charge in [-0.3, -0.25) is 19.4 Å². The van der Waals surface area contributed by atoms with Crippen molar-refractivity contribution in [3.8, 4) is 0 Å². The second kappa shape index (κ2) is 10.1. The Bertz CT molecular complexity index is 1210. The Morgan fingerprint density at radius 1 is 0.970 bits per heavy atom. The van der Waals surface area contributed by atoms with Gasteiger partial charge in [-0.05, 0) is 60.9 Å². The minimum Gasteiger partial charge on any atom is -0.423 e. The molecule has 1 aliphatic rings. The molecule has 0 bridgehead atoms. The van der Waals surface area contributed by atoms with Crippen molar-refractivity contribution in [3.05, 3.63) is 75.6 Å². The third-order valence-electron chi connectivity index (χ3n) is 6.10. The summed E-state index contributed by atoms with van der Waals surface area (Å²) >= 11 is 0. The number of anilines is 1. The highest BCUT2D eigenvalue weighted by molar-refractivity contribution is 5.96. The van der Waals surface area contributed by atoms with Gasteiger partial charge in [0.15, 0.2) is 5.78 Å². The van der Waals surface area contributed by atoms with Crippen LogP contribution in [0.15, 0.2) is 57.7 Å². The molecule has 4 rings (SSSR count). The highest BCUT2D eigenvalue weighted by Crippen LogP contribution is 2.21. The van der Waals surface area contributed by atoms with E-state index in [1.807, 2.05) is 12.1 Å². The fourth-order valence-electron chi connectivity index (χ4n) is 4.16. The summed E-state index contributed by atoms with van der Waals surface area (Å²) in [6.45, 7) is 7.80. The molecule has 7 heteroatoms. The predicted molar refractivity (Wildman–Crippen MR) is 129 cm³/mol. The first kappa shape index (κ1) is 22.9. The Hall–Kier alpha value is -3.29. The van der Waals surface area contributed by atoms with Gasteiger partial charge in [0.05, 0.1) is 6.54 Å².